The first kappa shape index (κ1) is 22.7. The van der Waals surface area contributed by atoms with Gasteiger partial charge in [0.2, 0.25) is 15.9 Å². The average Bonchev–Trinajstić information content (AvgIpc) is 2.66. The third-order valence-corrected chi connectivity index (χ3v) is 6.50. The Morgan fingerprint density at radius 2 is 1.72 bits per heavy atom. The lowest BCUT2D eigenvalue weighted by atomic mass is 10.0. The standard InChI is InChI=1S/C21H28N2O5S/c1-14-7-9-18(15(2)11-14)16(3)22-21(24)13-23(4)29(25,26)17-8-10-19(27-5)20(12-17)28-6/h7-12,16H,13H2,1-6H3,(H,22,24)/t16-/m1/s1. The number of amides is 1. The van der Waals surface area contributed by atoms with E-state index in [0.29, 0.717) is 11.5 Å². The summed E-state index contributed by atoms with van der Waals surface area (Å²) in [6.07, 6.45) is 0. The number of ether oxygens (including phenoxy) is 2. The van der Waals surface area contributed by atoms with Gasteiger partial charge in [0, 0.05) is 13.1 Å². The number of aryl methyl sites for hydroxylation is 2. The molecule has 0 spiro atoms. The van der Waals surface area contributed by atoms with Crippen LogP contribution in [0.4, 0.5) is 0 Å². The van der Waals surface area contributed by atoms with Crippen LogP contribution in [0.15, 0.2) is 41.3 Å². The van der Waals surface area contributed by atoms with Crippen molar-refractivity contribution < 1.29 is 22.7 Å². The summed E-state index contributed by atoms with van der Waals surface area (Å²) >= 11 is 0. The van der Waals surface area contributed by atoms with Gasteiger partial charge in [0.25, 0.3) is 0 Å². The molecule has 0 aliphatic rings. The number of carbonyl (C=O) groups is 1. The van der Waals surface area contributed by atoms with Gasteiger partial charge >= 0.3 is 0 Å². The predicted octanol–water partition coefficient (Wildman–Crippen LogP) is 2.82. The van der Waals surface area contributed by atoms with Crippen LogP contribution in [0.3, 0.4) is 0 Å². The van der Waals surface area contributed by atoms with E-state index >= 15 is 0 Å². The topological polar surface area (TPSA) is 84.9 Å². The van der Waals surface area contributed by atoms with Crippen LogP contribution < -0.4 is 14.8 Å². The number of methoxy groups -OCH3 is 2. The summed E-state index contributed by atoms with van der Waals surface area (Å²) < 4.78 is 37.0. The minimum atomic E-state index is -3.87. The van der Waals surface area contributed by atoms with Gasteiger partial charge in [-0.1, -0.05) is 23.8 Å². The molecule has 29 heavy (non-hydrogen) atoms. The summed E-state index contributed by atoms with van der Waals surface area (Å²) in [6.45, 7) is 5.57. The van der Waals surface area contributed by atoms with Crippen LogP contribution in [0, 0.1) is 13.8 Å². The lowest BCUT2D eigenvalue weighted by molar-refractivity contribution is -0.121. The number of carbonyl (C=O) groups excluding carboxylic acids is 1. The van der Waals surface area contributed by atoms with Gasteiger partial charge in [0.15, 0.2) is 11.5 Å². The molecule has 1 N–H and O–H groups in total. The molecule has 158 valence electrons. The van der Waals surface area contributed by atoms with Crippen molar-refractivity contribution in [3.05, 3.63) is 53.1 Å². The highest BCUT2D eigenvalue weighted by Crippen LogP contribution is 2.30. The SMILES string of the molecule is COc1ccc(S(=O)(=O)N(C)CC(=O)N[C@H](C)c2ccc(C)cc2C)cc1OC. The van der Waals surface area contributed by atoms with E-state index in [-0.39, 0.29) is 23.4 Å². The first-order chi connectivity index (χ1) is 13.6. The molecule has 1 atom stereocenters. The molecule has 0 radical (unpaired) electrons. The van der Waals surface area contributed by atoms with Gasteiger partial charge in [-0.05, 0) is 44.0 Å². The van der Waals surface area contributed by atoms with E-state index in [2.05, 4.69) is 5.32 Å². The van der Waals surface area contributed by atoms with Gasteiger partial charge < -0.3 is 14.8 Å². The van der Waals surface area contributed by atoms with E-state index in [4.69, 9.17) is 9.47 Å². The smallest absolute Gasteiger partial charge is 0.243 e. The molecule has 2 aromatic rings. The van der Waals surface area contributed by atoms with Gasteiger partial charge in [-0.3, -0.25) is 4.79 Å². The van der Waals surface area contributed by atoms with E-state index in [9.17, 15) is 13.2 Å². The number of nitrogens with zero attached hydrogens (tertiary/aromatic N) is 1. The van der Waals surface area contributed by atoms with Crippen LogP contribution in [-0.2, 0) is 14.8 Å². The molecule has 0 unspecified atom stereocenters. The van der Waals surface area contributed by atoms with E-state index in [1.807, 2.05) is 39.0 Å². The summed E-state index contributed by atoms with van der Waals surface area (Å²) in [5.41, 5.74) is 3.21. The summed E-state index contributed by atoms with van der Waals surface area (Å²) in [4.78, 5) is 12.5. The molecule has 0 fully saturated rings. The second-order valence-corrected chi connectivity index (χ2v) is 8.97. The molecule has 0 saturated carbocycles. The lowest BCUT2D eigenvalue weighted by Crippen LogP contribution is -2.39. The fourth-order valence-corrected chi connectivity index (χ4v) is 4.26. The Hall–Kier alpha value is -2.58. The molecule has 0 aliphatic carbocycles. The van der Waals surface area contributed by atoms with Gasteiger partial charge in [0.05, 0.1) is 31.7 Å². The Balaban J connectivity index is 2.11. The first-order valence-corrected chi connectivity index (χ1v) is 10.6. The molecular formula is C21H28N2O5S. The van der Waals surface area contributed by atoms with Crippen LogP contribution in [0.5, 0.6) is 11.5 Å². The van der Waals surface area contributed by atoms with Crippen molar-refractivity contribution in [1.29, 1.82) is 0 Å². The molecule has 0 heterocycles. The summed E-state index contributed by atoms with van der Waals surface area (Å²) in [6, 6.07) is 10.1. The number of benzene rings is 2. The highest BCUT2D eigenvalue weighted by Gasteiger charge is 2.25. The van der Waals surface area contributed by atoms with Crippen LogP contribution in [0.2, 0.25) is 0 Å². The van der Waals surface area contributed by atoms with Gasteiger partial charge in [-0.15, -0.1) is 0 Å². The molecule has 8 heteroatoms. The Labute approximate surface area is 172 Å². The number of nitrogens with one attached hydrogen (secondary N) is 1. The number of sulfonamides is 1. The van der Waals surface area contributed by atoms with Crippen LogP contribution in [-0.4, -0.2) is 46.4 Å². The van der Waals surface area contributed by atoms with Crippen LogP contribution in [0.25, 0.3) is 0 Å². The minimum absolute atomic E-state index is 0.0212. The zero-order valence-electron chi connectivity index (χ0n) is 17.6. The van der Waals surface area contributed by atoms with Crippen molar-refractivity contribution >= 4 is 15.9 Å². The van der Waals surface area contributed by atoms with Crippen molar-refractivity contribution in [2.45, 2.75) is 31.7 Å². The third kappa shape index (κ3) is 5.27. The molecule has 0 bridgehead atoms. The largest absolute Gasteiger partial charge is 0.493 e. The quantitative estimate of drug-likeness (QED) is 0.710. The van der Waals surface area contributed by atoms with Gasteiger partial charge in [-0.2, -0.15) is 4.31 Å². The second kappa shape index (κ2) is 9.28. The maximum atomic E-state index is 12.8. The highest BCUT2D eigenvalue weighted by molar-refractivity contribution is 7.89. The van der Waals surface area contributed by atoms with E-state index in [1.54, 1.807) is 0 Å². The summed E-state index contributed by atoms with van der Waals surface area (Å²) in [5, 5.41) is 2.86. The Morgan fingerprint density at radius 3 is 2.31 bits per heavy atom. The molecular weight excluding hydrogens is 392 g/mol. The lowest BCUT2D eigenvalue weighted by Gasteiger charge is -2.21. The van der Waals surface area contributed by atoms with Crippen molar-refractivity contribution in [2.24, 2.45) is 0 Å². The van der Waals surface area contributed by atoms with Crippen LogP contribution >= 0.6 is 0 Å². The molecule has 1 amide bonds. The third-order valence-electron chi connectivity index (χ3n) is 4.70. The number of likely N-dealkylation sites (N-methyl/N-ethyl adjacent to an activating group) is 1. The normalized spacial score (nSPS) is 12.5. The van der Waals surface area contributed by atoms with Crippen molar-refractivity contribution in [3.8, 4) is 11.5 Å². The molecule has 0 aromatic heterocycles. The number of hydrogen-bond acceptors (Lipinski definition) is 5. The number of rotatable bonds is 8. The highest BCUT2D eigenvalue weighted by atomic mass is 32.2. The molecule has 2 aromatic carbocycles. The maximum Gasteiger partial charge on any atom is 0.243 e. The molecule has 0 aliphatic heterocycles. The monoisotopic (exact) mass is 420 g/mol. The Bertz CT molecular complexity index is 989. The summed E-state index contributed by atoms with van der Waals surface area (Å²) in [5.74, 6) is 0.341. The molecule has 0 saturated heterocycles. The van der Waals surface area contributed by atoms with Crippen molar-refractivity contribution in [3.63, 3.8) is 0 Å². The van der Waals surface area contributed by atoms with E-state index in [1.165, 1.54) is 39.5 Å². The second-order valence-electron chi connectivity index (χ2n) is 6.93. The van der Waals surface area contributed by atoms with Gasteiger partial charge in [0.1, 0.15) is 0 Å². The Kier molecular flexibility index (Phi) is 7.26. The maximum absolute atomic E-state index is 12.8. The fourth-order valence-electron chi connectivity index (χ4n) is 3.12. The first-order valence-electron chi connectivity index (χ1n) is 9.15. The average molecular weight is 421 g/mol. The summed E-state index contributed by atoms with van der Waals surface area (Å²) in [7, 11) is 0.402. The van der Waals surface area contributed by atoms with Crippen molar-refractivity contribution in [2.75, 3.05) is 27.8 Å². The minimum Gasteiger partial charge on any atom is -0.493 e. The molecule has 2 rings (SSSR count). The zero-order valence-corrected chi connectivity index (χ0v) is 18.5. The predicted molar refractivity (Wildman–Crippen MR) is 112 cm³/mol. The zero-order chi connectivity index (χ0) is 21.8. The van der Waals surface area contributed by atoms with Crippen LogP contribution in [0.1, 0.15) is 29.7 Å². The number of hydrogen-bond donors (Lipinski definition) is 1. The van der Waals surface area contributed by atoms with E-state index in [0.717, 1.165) is 21.0 Å². The van der Waals surface area contributed by atoms with Gasteiger partial charge in [-0.25, -0.2) is 8.42 Å². The fraction of sp³-hybridized carbons (Fsp3) is 0.381. The van der Waals surface area contributed by atoms with E-state index < -0.39 is 10.0 Å². The van der Waals surface area contributed by atoms with Crippen molar-refractivity contribution in [1.82, 2.24) is 9.62 Å². The Morgan fingerprint density at radius 1 is 1.07 bits per heavy atom. The molecule has 7 nitrogen and oxygen atoms in total.